The molecule has 0 radical (unpaired) electrons. The summed E-state index contributed by atoms with van der Waals surface area (Å²) in [5.41, 5.74) is 6.98. The van der Waals surface area contributed by atoms with E-state index in [-0.39, 0.29) is 29.0 Å². The third-order valence-corrected chi connectivity index (χ3v) is 8.24. The van der Waals surface area contributed by atoms with Crippen LogP contribution in [0.3, 0.4) is 0 Å². The smallest absolute Gasteiger partial charge is 0.263 e. The van der Waals surface area contributed by atoms with Crippen molar-refractivity contribution in [2.45, 2.75) is 58.5 Å². The lowest BCUT2D eigenvalue weighted by Gasteiger charge is -2.26. The lowest BCUT2D eigenvalue weighted by Crippen LogP contribution is -2.49. The van der Waals surface area contributed by atoms with E-state index in [9.17, 15) is 14.0 Å². The zero-order valence-corrected chi connectivity index (χ0v) is 27.0. The Kier molecular flexibility index (Phi) is 9.11. The van der Waals surface area contributed by atoms with Crippen LogP contribution < -0.4 is 26.3 Å². The van der Waals surface area contributed by atoms with Gasteiger partial charge in [0, 0.05) is 35.6 Å². The predicted octanol–water partition coefficient (Wildman–Crippen LogP) is 7.41. The number of nitrogens with one attached hydrogen (secondary N) is 4. The van der Waals surface area contributed by atoms with Crippen LogP contribution in [0.4, 0.5) is 24.5 Å². The van der Waals surface area contributed by atoms with Gasteiger partial charge < -0.3 is 20.8 Å². The Balaban J connectivity index is 1.65. The number of rotatable bonds is 11. The summed E-state index contributed by atoms with van der Waals surface area (Å²) in [7, 11) is 1.49. The van der Waals surface area contributed by atoms with Gasteiger partial charge in [-0.3, -0.25) is 9.99 Å². The van der Waals surface area contributed by atoms with E-state index in [2.05, 4.69) is 65.0 Å². The summed E-state index contributed by atoms with van der Waals surface area (Å²) >= 11 is 6.75. The van der Waals surface area contributed by atoms with Gasteiger partial charge in [0.15, 0.2) is 0 Å². The van der Waals surface area contributed by atoms with E-state index in [0.717, 1.165) is 5.01 Å². The van der Waals surface area contributed by atoms with Gasteiger partial charge in [-0.1, -0.05) is 51.1 Å². The number of hydrogen-bond donors (Lipinski definition) is 4. The number of benzene rings is 1. The second kappa shape index (κ2) is 12.7. The van der Waals surface area contributed by atoms with E-state index < -0.39 is 24.0 Å². The van der Waals surface area contributed by atoms with E-state index in [0.29, 0.717) is 57.0 Å². The van der Waals surface area contributed by atoms with Gasteiger partial charge in [-0.15, -0.1) is 5.53 Å². The lowest BCUT2D eigenvalue weighted by molar-refractivity contribution is -0.00954. The molecule has 1 aliphatic heterocycles. The van der Waals surface area contributed by atoms with Crippen LogP contribution in [0.25, 0.3) is 22.6 Å². The number of anilines is 2. The number of fused-ring (bicyclic) bond motifs is 1. The molecule has 1 fully saturated rings. The average Bonchev–Trinajstić information content (AvgIpc) is 3.74. The third kappa shape index (κ3) is 6.17. The molecule has 13 heteroatoms. The first-order chi connectivity index (χ1) is 21.8. The molecule has 0 amide bonds. The predicted molar refractivity (Wildman–Crippen MR) is 176 cm³/mol. The quantitative estimate of drug-likeness (QED) is 0.157. The maximum atomic E-state index is 16.2. The Bertz CT molecular complexity index is 1780. The van der Waals surface area contributed by atoms with Gasteiger partial charge >= 0.3 is 0 Å². The molecule has 2 aromatic heterocycles. The van der Waals surface area contributed by atoms with Crippen LogP contribution in [0.1, 0.15) is 57.2 Å². The largest absolute Gasteiger partial charge is 0.481 e. The van der Waals surface area contributed by atoms with Crippen molar-refractivity contribution in [3.63, 3.8) is 0 Å². The van der Waals surface area contributed by atoms with Crippen LogP contribution in [0, 0.1) is 16.7 Å². The van der Waals surface area contributed by atoms with Gasteiger partial charge in [0.05, 0.1) is 34.9 Å². The highest BCUT2D eigenvalue weighted by Gasteiger charge is 2.59. The van der Waals surface area contributed by atoms with Crippen LogP contribution in [-0.4, -0.2) is 46.6 Å². The number of methoxy groups -OCH3 is 1. The van der Waals surface area contributed by atoms with E-state index in [1.807, 2.05) is 13.0 Å². The number of aromatic nitrogens is 2. The van der Waals surface area contributed by atoms with Crippen molar-refractivity contribution in [1.29, 1.82) is 5.26 Å². The Morgan fingerprint density at radius 2 is 2.04 bits per heavy atom. The first-order valence-corrected chi connectivity index (χ1v) is 15.1. The molecule has 242 valence electrons. The highest BCUT2D eigenvalue weighted by atomic mass is 35.5. The standard InChI is InChI=1S/C33H36ClF3N8O/c1-7-8-22-21(9-12-39-30(22)46-6)18(2)25(28-29(35)45(44-43-28)33(10-11-33)31(36)37)42-20-13-23-26(41-17-32(3,4)5)19(15-38)16-40-27(23)24(34)14-20/h7-9,12-14,16,25,31,42-44H,2,10-11,17H2,1,3-6H3,(H,40,41)/b8-7-/t25-/m0/s1. The molecule has 46 heavy (non-hydrogen) atoms. The molecule has 0 spiro atoms. The molecule has 1 aliphatic carbocycles. The zero-order valence-electron chi connectivity index (χ0n) is 26.2. The van der Waals surface area contributed by atoms with Crippen LogP contribution >= 0.6 is 11.6 Å². The number of allylic oxidation sites excluding steroid dienone is 1. The number of nitrogens with zero attached hydrogens (tertiary/aromatic N) is 4. The molecule has 4 N–H and O–H groups in total. The number of ether oxygens (including phenoxy) is 1. The first-order valence-electron chi connectivity index (χ1n) is 14.7. The summed E-state index contributed by atoms with van der Waals surface area (Å²) in [4.78, 5) is 8.72. The number of hydrogen-bond acceptors (Lipinski definition) is 9. The maximum absolute atomic E-state index is 16.2. The Morgan fingerprint density at radius 1 is 1.30 bits per heavy atom. The third-order valence-electron chi connectivity index (χ3n) is 7.95. The molecule has 1 saturated carbocycles. The van der Waals surface area contributed by atoms with Gasteiger partial charge in [-0.05, 0) is 54.5 Å². The van der Waals surface area contributed by atoms with E-state index in [1.54, 1.807) is 30.5 Å². The number of nitriles is 1. The summed E-state index contributed by atoms with van der Waals surface area (Å²) in [5, 5.41) is 18.3. The van der Waals surface area contributed by atoms with Gasteiger partial charge in [0.1, 0.15) is 17.3 Å². The Labute approximate surface area is 271 Å². The normalized spacial score (nSPS) is 16.5. The van der Waals surface area contributed by atoms with Crippen LogP contribution in [-0.2, 0) is 0 Å². The number of pyridine rings is 2. The van der Waals surface area contributed by atoms with Crippen molar-refractivity contribution in [2.24, 2.45) is 5.41 Å². The van der Waals surface area contributed by atoms with Crippen molar-refractivity contribution in [3.8, 4) is 11.9 Å². The van der Waals surface area contributed by atoms with E-state index >= 15 is 4.39 Å². The Morgan fingerprint density at radius 3 is 2.65 bits per heavy atom. The number of halogens is 4. The molecule has 9 nitrogen and oxygen atoms in total. The molecular formula is C33H36ClF3N8O. The van der Waals surface area contributed by atoms with Crippen molar-refractivity contribution < 1.29 is 17.9 Å². The highest BCUT2D eigenvalue weighted by molar-refractivity contribution is 6.35. The second-order valence-electron chi connectivity index (χ2n) is 12.5. The summed E-state index contributed by atoms with van der Waals surface area (Å²) in [6.07, 6.45) is 4.11. The van der Waals surface area contributed by atoms with E-state index in [1.165, 1.54) is 13.3 Å². The minimum Gasteiger partial charge on any atom is -0.481 e. The average molecular weight is 653 g/mol. The molecule has 3 aromatic rings. The van der Waals surface area contributed by atoms with Crippen molar-refractivity contribution in [3.05, 3.63) is 76.6 Å². The van der Waals surface area contributed by atoms with Gasteiger partial charge in [-0.25, -0.2) is 13.8 Å². The molecule has 5 rings (SSSR count). The molecule has 0 bridgehead atoms. The lowest BCUT2D eigenvalue weighted by atomic mass is 9.94. The molecule has 0 saturated heterocycles. The maximum Gasteiger partial charge on any atom is 0.263 e. The first kappa shape index (κ1) is 32.9. The molecule has 1 aromatic carbocycles. The van der Waals surface area contributed by atoms with Crippen molar-refractivity contribution in [2.75, 3.05) is 24.3 Å². The van der Waals surface area contributed by atoms with Crippen LogP contribution in [0.5, 0.6) is 5.88 Å². The summed E-state index contributed by atoms with van der Waals surface area (Å²) in [6.45, 7) is 12.9. The summed E-state index contributed by atoms with van der Waals surface area (Å²) in [5.74, 6) is -0.560. The second-order valence-corrected chi connectivity index (χ2v) is 12.9. The fraction of sp³-hybridized carbons (Fsp3) is 0.364. The zero-order chi connectivity index (χ0) is 33.4. The van der Waals surface area contributed by atoms with Crippen molar-refractivity contribution >= 4 is 45.5 Å². The summed E-state index contributed by atoms with van der Waals surface area (Å²) in [6, 6.07) is 6.29. The summed E-state index contributed by atoms with van der Waals surface area (Å²) < 4.78 is 49.8. The molecule has 1 atom stereocenters. The fourth-order valence-corrected chi connectivity index (χ4v) is 5.62. The topological polar surface area (TPSA) is 110 Å². The molecule has 0 unspecified atom stereocenters. The van der Waals surface area contributed by atoms with Gasteiger partial charge in [0.2, 0.25) is 11.8 Å². The minimum atomic E-state index is -2.77. The minimum absolute atomic E-state index is 0.0506. The number of alkyl halides is 2. The van der Waals surface area contributed by atoms with E-state index in [4.69, 9.17) is 16.3 Å². The number of hydrazine groups is 2. The molecular weight excluding hydrogens is 617 g/mol. The van der Waals surface area contributed by atoms with Gasteiger partial charge in [0.25, 0.3) is 6.43 Å². The fourth-order valence-electron chi connectivity index (χ4n) is 5.35. The van der Waals surface area contributed by atoms with Crippen LogP contribution in [0.2, 0.25) is 5.02 Å². The van der Waals surface area contributed by atoms with Crippen LogP contribution in [0.15, 0.2) is 54.9 Å². The highest BCUT2D eigenvalue weighted by Crippen LogP contribution is 2.49. The molecule has 3 heterocycles. The van der Waals surface area contributed by atoms with Crippen molar-refractivity contribution in [1.82, 2.24) is 25.9 Å². The SMILES string of the molecule is C=C(c1ccnc(OC)c1/C=C\C)[C@H](Nc1cc(Cl)c2ncc(C#N)c(NCC(C)(C)C)c2c1)C1=C(F)N(C2(C(F)F)CC2)NN1. The molecule has 2 aliphatic rings. The Hall–Kier alpha value is -4.47. The monoisotopic (exact) mass is 652 g/mol. The van der Waals surface area contributed by atoms with Gasteiger partial charge in [-0.2, -0.15) is 9.65 Å².